The minimum atomic E-state index is 0.0102. The maximum absolute atomic E-state index is 12.2. The van der Waals surface area contributed by atoms with Crippen LogP contribution in [0.4, 0.5) is 11.4 Å². The van der Waals surface area contributed by atoms with Crippen LogP contribution >= 0.6 is 0 Å². The van der Waals surface area contributed by atoms with Crippen LogP contribution in [0.3, 0.4) is 0 Å². The minimum Gasteiger partial charge on any atom is -0.399 e. The van der Waals surface area contributed by atoms with Crippen molar-refractivity contribution in [2.45, 2.75) is 38.6 Å². The second-order valence-corrected chi connectivity index (χ2v) is 6.02. The highest BCUT2D eigenvalue weighted by molar-refractivity contribution is 6.00. The van der Waals surface area contributed by atoms with E-state index in [1.807, 2.05) is 12.1 Å². The first-order valence-corrected chi connectivity index (χ1v) is 7.36. The summed E-state index contributed by atoms with van der Waals surface area (Å²) in [6.45, 7) is 2.27. The molecule has 20 heavy (non-hydrogen) atoms. The molecule has 2 unspecified atom stereocenters. The molecule has 2 rings (SSSR count). The van der Waals surface area contributed by atoms with Gasteiger partial charge in [-0.25, -0.2) is 0 Å². The molecule has 1 aromatic rings. The van der Waals surface area contributed by atoms with E-state index in [1.165, 1.54) is 19.3 Å². The summed E-state index contributed by atoms with van der Waals surface area (Å²) in [5.41, 5.74) is 8.12. The Labute approximate surface area is 121 Å². The first-order valence-electron chi connectivity index (χ1n) is 7.36. The summed E-state index contributed by atoms with van der Waals surface area (Å²) >= 11 is 0. The topological polar surface area (TPSA) is 58.4 Å². The van der Waals surface area contributed by atoms with Crippen molar-refractivity contribution >= 4 is 17.3 Å². The molecule has 1 aliphatic carbocycles. The molecule has 1 fully saturated rings. The molecule has 0 spiro atoms. The number of hydrogen-bond acceptors (Lipinski definition) is 3. The summed E-state index contributed by atoms with van der Waals surface area (Å²) in [6, 6.07) is 5.90. The predicted molar refractivity (Wildman–Crippen MR) is 83.9 cm³/mol. The van der Waals surface area contributed by atoms with Gasteiger partial charge in [0.1, 0.15) is 0 Å². The second-order valence-electron chi connectivity index (χ2n) is 6.02. The normalized spacial score (nSPS) is 22.4. The SMILES string of the molecule is CC1CCCCC1Nc1cc(N)ccc1C(=O)N(C)C. The summed E-state index contributed by atoms with van der Waals surface area (Å²) < 4.78 is 0. The zero-order valence-corrected chi connectivity index (χ0v) is 12.6. The number of rotatable bonds is 3. The number of nitrogens with zero attached hydrogens (tertiary/aromatic N) is 1. The Hall–Kier alpha value is -1.71. The van der Waals surface area contributed by atoms with Crippen LogP contribution in [0, 0.1) is 5.92 Å². The van der Waals surface area contributed by atoms with E-state index in [-0.39, 0.29) is 5.91 Å². The van der Waals surface area contributed by atoms with Crippen LogP contribution in [0.5, 0.6) is 0 Å². The lowest BCUT2D eigenvalue weighted by Gasteiger charge is -2.31. The number of carbonyl (C=O) groups excluding carboxylic acids is 1. The molecule has 1 saturated carbocycles. The van der Waals surface area contributed by atoms with Gasteiger partial charge in [0.15, 0.2) is 0 Å². The number of carbonyl (C=O) groups is 1. The van der Waals surface area contributed by atoms with Gasteiger partial charge in [0.25, 0.3) is 5.91 Å². The third-order valence-corrected chi connectivity index (χ3v) is 4.13. The van der Waals surface area contributed by atoms with Gasteiger partial charge in [-0.15, -0.1) is 0 Å². The summed E-state index contributed by atoms with van der Waals surface area (Å²) in [5.74, 6) is 0.642. The van der Waals surface area contributed by atoms with Gasteiger partial charge in [-0.3, -0.25) is 4.79 Å². The molecule has 0 bridgehead atoms. The Morgan fingerprint density at radius 2 is 2.00 bits per heavy atom. The van der Waals surface area contributed by atoms with E-state index in [2.05, 4.69) is 12.2 Å². The molecular formula is C16H25N3O. The molecule has 0 aliphatic heterocycles. The van der Waals surface area contributed by atoms with Crippen LogP contribution in [-0.4, -0.2) is 30.9 Å². The van der Waals surface area contributed by atoms with Crippen molar-refractivity contribution in [3.05, 3.63) is 23.8 Å². The molecular weight excluding hydrogens is 250 g/mol. The maximum atomic E-state index is 12.2. The monoisotopic (exact) mass is 275 g/mol. The molecule has 3 N–H and O–H groups in total. The summed E-state index contributed by atoms with van der Waals surface area (Å²) in [5, 5.41) is 3.55. The van der Waals surface area contributed by atoms with Crippen LogP contribution in [0.25, 0.3) is 0 Å². The van der Waals surface area contributed by atoms with Gasteiger partial charge in [-0.05, 0) is 37.0 Å². The van der Waals surface area contributed by atoms with Crippen LogP contribution in [-0.2, 0) is 0 Å². The van der Waals surface area contributed by atoms with E-state index in [9.17, 15) is 4.79 Å². The van der Waals surface area contributed by atoms with Crippen molar-refractivity contribution in [1.29, 1.82) is 0 Å². The zero-order valence-electron chi connectivity index (χ0n) is 12.6. The first-order chi connectivity index (χ1) is 9.49. The van der Waals surface area contributed by atoms with Crippen molar-refractivity contribution in [2.24, 2.45) is 5.92 Å². The van der Waals surface area contributed by atoms with Crippen LogP contribution in [0.15, 0.2) is 18.2 Å². The Morgan fingerprint density at radius 3 is 2.65 bits per heavy atom. The zero-order chi connectivity index (χ0) is 14.7. The Bertz CT molecular complexity index is 485. The lowest BCUT2D eigenvalue weighted by molar-refractivity contribution is 0.0828. The van der Waals surface area contributed by atoms with E-state index >= 15 is 0 Å². The fourth-order valence-corrected chi connectivity index (χ4v) is 2.84. The van der Waals surface area contributed by atoms with Gasteiger partial charge in [-0.2, -0.15) is 0 Å². The molecule has 2 atom stereocenters. The first kappa shape index (κ1) is 14.7. The average Bonchev–Trinajstić information content (AvgIpc) is 2.41. The van der Waals surface area contributed by atoms with Crippen molar-refractivity contribution in [3.8, 4) is 0 Å². The molecule has 0 heterocycles. The lowest BCUT2D eigenvalue weighted by Crippen LogP contribution is -2.32. The van der Waals surface area contributed by atoms with Gasteiger partial charge in [0, 0.05) is 31.5 Å². The standard InChI is InChI=1S/C16H25N3O/c1-11-6-4-5-7-14(11)18-15-10-12(17)8-9-13(15)16(20)19(2)3/h8-11,14,18H,4-7,17H2,1-3H3. The number of hydrogen-bond donors (Lipinski definition) is 2. The molecule has 0 saturated heterocycles. The van der Waals surface area contributed by atoms with Gasteiger partial charge in [0.2, 0.25) is 0 Å². The smallest absolute Gasteiger partial charge is 0.255 e. The van der Waals surface area contributed by atoms with Gasteiger partial charge >= 0.3 is 0 Å². The average molecular weight is 275 g/mol. The van der Waals surface area contributed by atoms with E-state index in [0.717, 1.165) is 12.1 Å². The quantitative estimate of drug-likeness (QED) is 0.834. The molecule has 1 aromatic carbocycles. The Kier molecular flexibility index (Phi) is 4.53. The third kappa shape index (κ3) is 3.24. The highest BCUT2D eigenvalue weighted by Crippen LogP contribution is 2.29. The van der Waals surface area contributed by atoms with Crippen LogP contribution < -0.4 is 11.1 Å². The fraction of sp³-hybridized carbons (Fsp3) is 0.562. The highest BCUT2D eigenvalue weighted by atomic mass is 16.2. The lowest BCUT2D eigenvalue weighted by atomic mass is 9.85. The Balaban J connectivity index is 2.25. The third-order valence-electron chi connectivity index (χ3n) is 4.13. The largest absolute Gasteiger partial charge is 0.399 e. The Morgan fingerprint density at radius 1 is 1.30 bits per heavy atom. The molecule has 1 amide bonds. The van der Waals surface area contributed by atoms with Crippen molar-refractivity contribution in [1.82, 2.24) is 4.90 Å². The van der Waals surface area contributed by atoms with E-state index in [1.54, 1.807) is 25.1 Å². The van der Waals surface area contributed by atoms with Gasteiger partial charge in [0.05, 0.1) is 5.56 Å². The van der Waals surface area contributed by atoms with Crippen LogP contribution in [0.2, 0.25) is 0 Å². The minimum absolute atomic E-state index is 0.0102. The molecule has 1 aliphatic rings. The van der Waals surface area contributed by atoms with E-state index in [4.69, 9.17) is 5.73 Å². The van der Waals surface area contributed by atoms with Crippen LogP contribution in [0.1, 0.15) is 43.0 Å². The highest BCUT2D eigenvalue weighted by Gasteiger charge is 2.23. The predicted octanol–water partition coefficient (Wildman–Crippen LogP) is 2.96. The number of anilines is 2. The number of nitrogens with two attached hydrogens (primary N) is 1. The van der Waals surface area contributed by atoms with Gasteiger partial charge in [-0.1, -0.05) is 19.8 Å². The maximum Gasteiger partial charge on any atom is 0.255 e. The summed E-state index contributed by atoms with van der Waals surface area (Å²) in [6.07, 6.45) is 4.96. The molecule has 110 valence electrons. The van der Waals surface area contributed by atoms with Gasteiger partial charge < -0.3 is 16.0 Å². The summed E-state index contributed by atoms with van der Waals surface area (Å²) in [7, 11) is 3.54. The van der Waals surface area contributed by atoms with Crippen molar-refractivity contribution < 1.29 is 4.79 Å². The van der Waals surface area contributed by atoms with Crippen molar-refractivity contribution in [2.75, 3.05) is 25.1 Å². The number of amides is 1. The van der Waals surface area contributed by atoms with Crippen molar-refractivity contribution in [3.63, 3.8) is 0 Å². The molecule has 4 nitrogen and oxygen atoms in total. The number of nitrogens with one attached hydrogen (secondary N) is 1. The number of benzene rings is 1. The summed E-state index contributed by atoms with van der Waals surface area (Å²) in [4.78, 5) is 13.8. The van der Waals surface area contributed by atoms with E-state index < -0.39 is 0 Å². The second kappa shape index (κ2) is 6.16. The van der Waals surface area contributed by atoms with E-state index in [0.29, 0.717) is 23.2 Å². The molecule has 0 aromatic heterocycles. The fourth-order valence-electron chi connectivity index (χ4n) is 2.84. The number of nitrogen functional groups attached to an aromatic ring is 1. The molecule has 4 heteroatoms. The molecule has 0 radical (unpaired) electrons.